The van der Waals surface area contributed by atoms with Crippen molar-refractivity contribution >= 4 is 5.97 Å². The van der Waals surface area contributed by atoms with Crippen molar-refractivity contribution in [1.29, 1.82) is 0 Å². The van der Waals surface area contributed by atoms with Gasteiger partial charge < -0.3 is 14.2 Å². The number of halogens is 3. The van der Waals surface area contributed by atoms with Gasteiger partial charge in [-0.25, -0.2) is 4.79 Å². The van der Waals surface area contributed by atoms with Crippen LogP contribution in [0.5, 0.6) is 17.2 Å². The summed E-state index contributed by atoms with van der Waals surface area (Å²) in [6.07, 6.45) is -4.41. The second kappa shape index (κ2) is 10.2. The zero-order chi connectivity index (χ0) is 24.9. The summed E-state index contributed by atoms with van der Waals surface area (Å²) in [6.45, 7) is 7.96. The molecule has 0 aliphatic rings. The number of hydrogen-bond donors (Lipinski definition) is 0. The summed E-state index contributed by atoms with van der Waals surface area (Å²) in [5.74, 6) is 0.669. The van der Waals surface area contributed by atoms with Gasteiger partial charge in [-0.15, -0.1) is 0 Å². The highest BCUT2D eigenvalue weighted by atomic mass is 19.4. The Kier molecular flexibility index (Phi) is 7.54. The Morgan fingerprint density at radius 3 is 1.94 bits per heavy atom. The Morgan fingerprint density at radius 2 is 1.38 bits per heavy atom. The molecule has 0 aromatic heterocycles. The van der Waals surface area contributed by atoms with E-state index in [0.29, 0.717) is 28.4 Å². The molecule has 7 heteroatoms. The van der Waals surface area contributed by atoms with Crippen LogP contribution >= 0.6 is 0 Å². The number of rotatable bonds is 7. The third kappa shape index (κ3) is 6.53. The van der Waals surface area contributed by atoms with E-state index in [1.165, 1.54) is 12.1 Å². The summed E-state index contributed by atoms with van der Waals surface area (Å²) < 4.78 is 55.3. The van der Waals surface area contributed by atoms with Crippen molar-refractivity contribution < 1.29 is 32.2 Å². The van der Waals surface area contributed by atoms with Crippen LogP contribution in [0, 0.1) is 0 Å². The summed E-state index contributed by atoms with van der Waals surface area (Å²) >= 11 is 0. The number of carbonyl (C=O) groups excluding carboxylic acids is 1. The maximum atomic E-state index is 12.9. The quantitative estimate of drug-likeness (QED) is 0.336. The molecule has 0 aliphatic heterocycles. The molecule has 0 atom stereocenters. The highest BCUT2D eigenvalue weighted by molar-refractivity contribution is 5.72. The van der Waals surface area contributed by atoms with E-state index >= 15 is 0 Å². The highest BCUT2D eigenvalue weighted by Crippen LogP contribution is 2.37. The van der Waals surface area contributed by atoms with Gasteiger partial charge in [0.1, 0.15) is 5.75 Å². The van der Waals surface area contributed by atoms with Crippen LogP contribution in [0.2, 0.25) is 0 Å². The van der Waals surface area contributed by atoms with E-state index in [4.69, 9.17) is 14.2 Å². The van der Waals surface area contributed by atoms with Gasteiger partial charge in [0.05, 0.1) is 12.2 Å². The van der Waals surface area contributed by atoms with Gasteiger partial charge in [0.15, 0.2) is 18.1 Å². The fourth-order valence-electron chi connectivity index (χ4n) is 3.23. The van der Waals surface area contributed by atoms with Crippen molar-refractivity contribution in [1.82, 2.24) is 0 Å². The van der Waals surface area contributed by atoms with Crippen LogP contribution in [-0.4, -0.2) is 19.2 Å². The Morgan fingerprint density at radius 1 is 0.794 bits per heavy atom. The molecule has 0 radical (unpaired) electrons. The summed E-state index contributed by atoms with van der Waals surface area (Å²) in [7, 11) is 0. The SMILES string of the molecule is CCOC(=O)COc1ccc(-c2ccc(C(F)(F)F)cc2)cc1Oc1ccc(C(C)(C)C)cc1. The van der Waals surface area contributed by atoms with Gasteiger partial charge in [-0.2, -0.15) is 13.2 Å². The lowest BCUT2D eigenvalue weighted by Crippen LogP contribution is -2.14. The first-order chi connectivity index (χ1) is 16.0. The second-order valence-electron chi connectivity index (χ2n) is 8.71. The number of esters is 1. The summed E-state index contributed by atoms with van der Waals surface area (Å²) in [5, 5.41) is 0. The van der Waals surface area contributed by atoms with Crippen LogP contribution < -0.4 is 9.47 Å². The first-order valence-electron chi connectivity index (χ1n) is 10.9. The van der Waals surface area contributed by atoms with E-state index in [1.54, 1.807) is 25.1 Å². The van der Waals surface area contributed by atoms with Gasteiger partial charge >= 0.3 is 12.1 Å². The smallest absolute Gasteiger partial charge is 0.416 e. The van der Waals surface area contributed by atoms with Crippen molar-refractivity contribution in [3.8, 4) is 28.4 Å². The average molecular weight is 473 g/mol. The zero-order valence-electron chi connectivity index (χ0n) is 19.5. The van der Waals surface area contributed by atoms with Gasteiger partial charge in [0.25, 0.3) is 0 Å². The van der Waals surface area contributed by atoms with E-state index in [2.05, 4.69) is 20.8 Å². The van der Waals surface area contributed by atoms with Gasteiger partial charge in [-0.3, -0.25) is 0 Å². The average Bonchev–Trinajstić information content (AvgIpc) is 2.78. The predicted octanol–water partition coefficient (Wildman–Crippen LogP) is 7.40. The molecular formula is C27H27F3O4. The Hall–Kier alpha value is -3.48. The summed E-state index contributed by atoms with van der Waals surface area (Å²) in [5.41, 5.74) is 1.61. The Labute approximate surface area is 197 Å². The Balaban J connectivity index is 1.91. The van der Waals surface area contributed by atoms with Gasteiger partial charge in [-0.05, 0) is 65.4 Å². The molecule has 0 spiro atoms. The molecule has 3 aromatic carbocycles. The third-order valence-electron chi connectivity index (χ3n) is 5.09. The van der Waals surface area contributed by atoms with Crippen LogP contribution in [-0.2, 0) is 21.1 Å². The van der Waals surface area contributed by atoms with Crippen molar-refractivity contribution in [2.75, 3.05) is 13.2 Å². The van der Waals surface area contributed by atoms with Crippen LogP contribution in [0.25, 0.3) is 11.1 Å². The molecule has 3 rings (SSSR count). The van der Waals surface area contributed by atoms with Gasteiger partial charge in [-0.1, -0.05) is 51.1 Å². The molecule has 0 amide bonds. The van der Waals surface area contributed by atoms with Crippen LogP contribution in [0.1, 0.15) is 38.8 Å². The minimum absolute atomic E-state index is 0.0189. The molecule has 0 saturated heterocycles. The van der Waals surface area contributed by atoms with E-state index in [1.807, 2.05) is 24.3 Å². The topological polar surface area (TPSA) is 44.8 Å². The molecule has 180 valence electrons. The molecule has 0 saturated carbocycles. The predicted molar refractivity (Wildman–Crippen MR) is 124 cm³/mol. The first-order valence-corrected chi connectivity index (χ1v) is 10.9. The maximum absolute atomic E-state index is 12.9. The first kappa shape index (κ1) is 25.1. The fraction of sp³-hybridized carbons (Fsp3) is 0.296. The summed E-state index contributed by atoms with van der Waals surface area (Å²) in [6, 6.07) is 17.4. The largest absolute Gasteiger partial charge is 0.478 e. The Bertz CT molecular complexity index is 1110. The second-order valence-corrected chi connectivity index (χ2v) is 8.71. The van der Waals surface area contributed by atoms with Gasteiger partial charge in [0, 0.05) is 0 Å². The monoisotopic (exact) mass is 472 g/mol. The standard InChI is InChI=1S/C27H27F3O4/c1-5-32-25(31)17-33-23-15-8-19(18-6-9-21(10-7-18)27(28,29)30)16-24(23)34-22-13-11-20(12-14-22)26(2,3)4/h6-16H,5,17H2,1-4H3. The van der Waals surface area contributed by atoms with Crippen molar-refractivity contribution in [3.63, 3.8) is 0 Å². The summed E-state index contributed by atoms with van der Waals surface area (Å²) in [4.78, 5) is 11.7. The highest BCUT2D eigenvalue weighted by Gasteiger charge is 2.30. The molecule has 0 N–H and O–H groups in total. The molecule has 0 fully saturated rings. The van der Waals surface area contributed by atoms with Crippen molar-refractivity contribution in [2.45, 2.75) is 39.3 Å². The van der Waals surface area contributed by atoms with Crippen LogP contribution in [0.4, 0.5) is 13.2 Å². The zero-order valence-corrected chi connectivity index (χ0v) is 19.5. The van der Waals surface area contributed by atoms with E-state index < -0.39 is 17.7 Å². The minimum atomic E-state index is -4.41. The van der Waals surface area contributed by atoms with Crippen molar-refractivity contribution in [2.24, 2.45) is 0 Å². The molecule has 0 aliphatic carbocycles. The molecule has 0 bridgehead atoms. The number of hydrogen-bond acceptors (Lipinski definition) is 4. The number of ether oxygens (including phenoxy) is 3. The lowest BCUT2D eigenvalue weighted by atomic mass is 9.87. The fourth-order valence-corrected chi connectivity index (χ4v) is 3.23. The van der Waals surface area contributed by atoms with Crippen molar-refractivity contribution in [3.05, 3.63) is 77.9 Å². The number of benzene rings is 3. The number of alkyl halides is 3. The molecule has 34 heavy (non-hydrogen) atoms. The van der Waals surface area contributed by atoms with E-state index in [0.717, 1.165) is 17.7 Å². The molecular weight excluding hydrogens is 445 g/mol. The minimum Gasteiger partial charge on any atom is -0.478 e. The number of carbonyl (C=O) groups is 1. The molecule has 0 unspecified atom stereocenters. The van der Waals surface area contributed by atoms with E-state index in [-0.39, 0.29) is 18.6 Å². The maximum Gasteiger partial charge on any atom is 0.416 e. The van der Waals surface area contributed by atoms with Gasteiger partial charge in [0.2, 0.25) is 0 Å². The lowest BCUT2D eigenvalue weighted by Gasteiger charge is -2.19. The van der Waals surface area contributed by atoms with Crippen LogP contribution in [0.15, 0.2) is 66.7 Å². The van der Waals surface area contributed by atoms with Crippen LogP contribution in [0.3, 0.4) is 0 Å². The lowest BCUT2D eigenvalue weighted by molar-refractivity contribution is -0.145. The molecule has 4 nitrogen and oxygen atoms in total. The third-order valence-corrected chi connectivity index (χ3v) is 5.09. The molecule has 3 aromatic rings. The molecule has 0 heterocycles. The normalized spacial score (nSPS) is 11.7. The van der Waals surface area contributed by atoms with E-state index in [9.17, 15) is 18.0 Å².